The second kappa shape index (κ2) is 6.25. The van der Waals surface area contributed by atoms with Crippen LogP contribution in [0, 0.1) is 13.8 Å². The molecule has 1 atom stereocenters. The number of benzene rings is 1. The maximum Gasteiger partial charge on any atom is 0.326 e. The number of aryl methyl sites for hydroxylation is 2. The summed E-state index contributed by atoms with van der Waals surface area (Å²) in [6.07, 6.45) is 0. The fourth-order valence-electron chi connectivity index (χ4n) is 1.31. The first kappa shape index (κ1) is 13.5. The summed E-state index contributed by atoms with van der Waals surface area (Å²) in [5.74, 6) is 0.282. The van der Waals surface area contributed by atoms with Crippen LogP contribution in [0.15, 0.2) is 18.2 Å². The summed E-state index contributed by atoms with van der Waals surface area (Å²) in [5, 5.41) is 0. The molecule has 0 radical (unpaired) electrons. The van der Waals surface area contributed by atoms with Crippen molar-refractivity contribution in [2.75, 3.05) is 13.2 Å². The van der Waals surface area contributed by atoms with Crippen molar-refractivity contribution in [3.05, 3.63) is 29.3 Å². The summed E-state index contributed by atoms with van der Waals surface area (Å²) in [5.41, 5.74) is 7.97. The van der Waals surface area contributed by atoms with Crippen LogP contribution in [0.1, 0.15) is 18.1 Å². The van der Waals surface area contributed by atoms with Gasteiger partial charge in [0.05, 0.1) is 6.61 Å². The Hall–Kier alpha value is -1.55. The first-order chi connectivity index (χ1) is 8.04. The highest BCUT2D eigenvalue weighted by molar-refractivity contribution is 5.75. The van der Waals surface area contributed by atoms with Crippen molar-refractivity contribution in [1.29, 1.82) is 0 Å². The van der Waals surface area contributed by atoms with Crippen LogP contribution >= 0.6 is 0 Å². The molecule has 4 nitrogen and oxygen atoms in total. The van der Waals surface area contributed by atoms with Gasteiger partial charge in [-0.15, -0.1) is 0 Å². The minimum atomic E-state index is -0.739. The first-order valence-electron chi connectivity index (χ1n) is 5.67. The van der Waals surface area contributed by atoms with Crippen molar-refractivity contribution >= 4 is 5.97 Å². The lowest BCUT2D eigenvalue weighted by Crippen LogP contribution is -2.37. The van der Waals surface area contributed by atoms with Gasteiger partial charge in [0.1, 0.15) is 18.4 Å². The van der Waals surface area contributed by atoms with E-state index in [-0.39, 0.29) is 6.61 Å². The molecule has 1 unspecified atom stereocenters. The van der Waals surface area contributed by atoms with Gasteiger partial charge >= 0.3 is 5.97 Å². The summed E-state index contributed by atoms with van der Waals surface area (Å²) >= 11 is 0. The average Bonchev–Trinajstić information content (AvgIpc) is 2.30. The van der Waals surface area contributed by atoms with E-state index in [1.54, 1.807) is 6.92 Å². The zero-order valence-electron chi connectivity index (χ0n) is 10.5. The predicted octanol–water partition coefficient (Wildman–Crippen LogP) is 1.57. The van der Waals surface area contributed by atoms with E-state index in [2.05, 4.69) is 0 Å². The Labute approximate surface area is 102 Å². The van der Waals surface area contributed by atoms with E-state index in [9.17, 15) is 4.79 Å². The molecular weight excluding hydrogens is 218 g/mol. The second-order valence-corrected chi connectivity index (χ2v) is 3.92. The van der Waals surface area contributed by atoms with Crippen molar-refractivity contribution in [2.24, 2.45) is 5.73 Å². The van der Waals surface area contributed by atoms with Gasteiger partial charge in [-0.25, -0.2) is 0 Å². The number of hydrogen-bond acceptors (Lipinski definition) is 4. The zero-order valence-corrected chi connectivity index (χ0v) is 10.5. The molecule has 94 valence electrons. The highest BCUT2D eigenvalue weighted by Gasteiger charge is 2.15. The van der Waals surface area contributed by atoms with E-state index in [4.69, 9.17) is 15.2 Å². The molecule has 0 aromatic heterocycles. The number of carbonyl (C=O) groups is 1. The van der Waals surface area contributed by atoms with Gasteiger partial charge in [-0.3, -0.25) is 4.79 Å². The molecule has 2 N–H and O–H groups in total. The molecule has 0 spiro atoms. The fourth-order valence-corrected chi connectivity index (χ4v) is 1.31. The number of rotatable bonds is 5. The Kier molecular flexibility index (Phi) is 4.97. The molecule has 0 aliphatic carbocycles. The monoisotopic (exact) mass is 237 g/mol. The van der Waals surface area contributed by atoms with Crippen molar-refractivity contribution in [2.45, 2.75) is 26.8 Å². The molecule has 0 aliphatic heterocycles. The van der Waals surface area contributed by atoms with Gasteiger partial charge < -0.3 is 15.2 Å². The van der Waals surface area contributed by atoms with E-state index < -0.39 is 12.0 Å². The first-order valence-corrected chi connectivity index (χ1v) is 5.67. The third-order valence-electron chi connectivity index (χ3n) is 2.50. The Balaban J connectivity index is 2.50. The molecule has 0 heterocycles. The standard InChI is InChI=1S/C13H19NO3/c1-4-16-13(15)12(14)8-17-11-6-5-9(2)10(3)7-11/h5-7,12H,4,8,14H2,1-3H3. The van der Waals surface area contributed by atoms with Crippen LogP contribution in [-0.4, -0.2) is 25.2 Å². The topological polar surface area (TPSA) is 61.5 Å². The van der Waals surface area contributed by atoms with Gasteiger partial charge in [0.25, 0.3) is 0 Å². The van der Waals surface area contributed by atoms with Gasteiger partial charge in [-0.1, -0.05) is 6.07 Å². The third-order valence-corrected chi connectivity index (χ3v) is 2.50. The second-order valence-electron chi connectivity index (χ2n) is 3.92. The van der Waals surface area contributed by atoms with E-state index in [1.165, 1.54) is 5.56 Å². The summed E-state index contributed by atoms with van der Waals surface area (Å²) in [6, 6.07) is 5.02. The maximum absolute atomic E-state index is 11.3. The number of esters is 1. The van der Waals surface area contributed by atoms with Crippen LogP contribution in [-0.2, 0) is 9.53 Å². The van der Waals surface area contributed by atoms with Crippen molar-refractivity contribution in [3.63, 3.8) is 0 Å². The molecular formula is C13H19NO3. The molecule has 0 fully saturated rings. The van der Waals surface area contributed by atoms with Crippen molar-refractivity contribution < 1.29 is 14.3 Å². The molecule has 0 bridgehead atoms. The van der Waals surface area contributed by atoms with Gasteiger partial charge in [0.2, 0.25) is 0 Å². The lowest BCUT2D eigenvalue weighted by atomic mass is 10.1. The smallest absolute Gasteiger partial charge is 0.326 e. The van der Waals surface area contributed by atoms with Gasteiger partial charge in [-0.05, 0) is 44.0 Å². The van der Waals surface area contributed by atoms with E-state index in [1.807, 2.05) is 32.0 Å². The highest BCUT2D eigenvalue weighted by Crippen LogP contribution is 2.16. The Morgan fingerprint density at radius 2 is 2.06 bits per heavy atom. The lowest BCUT2D eigenvalue weighted by Gasteiger charge is -2.12. The predicted molar refractivity (Wildman–Crippen MR) is 66.0 cm³/mol. The quantitative estimate of drug-likeness (QED) is 0.790. The summed E-state index contributed by atoms with van der Waals surface area (Å²) in [4.78, 5) is 11.3. The molecule has 4 heteroatoms. The fraction of sp³-hybridized carbons (Fsp3) is 0.462. The lowest BCUT2D eigenvalue weighted by molar-refractivity contribution is -0.145. The average molecular weight is 237 g/mol. The molecule has 1 rings (SSSR count). The van der Waals surface area contributed by atoms with Crippen LogP contribution in [0.3, 0.4) is 0 Å². The van der Waals surface area contributed by atoms with Gasteiger partial charge in [0, 0.05) is 0 Å². The van der Waals surface area contributed by atoms with Crippen LogP contribution in [0.2, 0.25) is 0 Å². The SMILES string of the molecule is CCOC(=O)C(N)COc1ccc(C)c(C)c1. The van der Waals surface area contributed by atoms with Crippen LogP contribution in [0.5, 0.6) is 5.75 Å². The Morgan fingerprint density at radius 3 is 2.65 bits per heavy atom. The molecule has 0 saturated carbocycles. The molecule has 0 aliphatic rings. The third kappa shape index (κ3) is 4.07. The Morgan fingerprint density at radius 1 is 1.35 bits per heavy atom. The number of carbonyl (C=O) groups excluding carboxylic acids is 1. The largest absolute Gasteiger partial charge is 0.491 e. The highest BCUT2D eigenvalue weighted by atomic mass is 16.5. The maximum atomic E-state index is 11.3. The minimum Gasteiger partial charge on any atom is -0.491 e. The number of ether oxygens (including phenoxy) is 2. The van der Waals surface area contributed by atoms with Gasteiger partial charge in [0.15, 0.2) is 0 Å². The molecule has 1 aromatic carbocycles. The summed E-state index contributed by atoms with van der Waals surface area (Å²) in [7, 11) is 0. The van der Waals surface area contributed by atoms with Crippen LogP contribution < -0.4 is 10.5 Å². The molecule has 0 saturated heterocycles. The van der Waals surface area contributed by atoms with E-state index in [0.717, 1.165) is 5.56 Å². The van der Waals surface area contributed by atoms with Crippen molar-refractivity contribution in [3.8, 4) is 5.75 Å². The van der Waals surface area contributed by atoms with Gasteiger partial charge in [-0.2, -0.15) is 0 Å². The molecule has 1 aromatic rings. The number of hydrogen-bond donors (Lipinski definition) is 1. The van der Waals surface area contributed by atoms with Crippen molar-refractivity contribution in [1.82, 2.24) is 0 Å². The molecule has 0 amide bonds. The van der Waals surface area contributed by atoms with E-state index >= 15 is 0 Å². The van der Waals surface area contributed by atoms with Crippen LogP contribution in [0.25, 0.3) is 0 Å². The Bertz CT molecular complexity index is 390. The minimum absolute atomic E-state index is 0.126. The van der Waals surface area contributed by atoms with Crippen LogP contribution in [0.4, 0.5) is 0 Å². The van der Waals surface area contributed by atoms with E-state index in [0.29, 0.717) is 12.4 Å². The zero-order chi connectivity index (χ0) is 12.8. The summed E-state index contributed by atoms with van der Waals surface area (Å²) < 4.78 is 10.2. The summed E-state index contributed by atoms with van der Waals surface area (Å²) in [6.45, 7) is 6.24. The number of nitrogens with two attached hydrogens (primary N) is 1. The normalized spacial score (nSPS) is 12.0. The molecule has 17 heavy (non-hydrogen) atoms.